The third-order valence-corrected chi connectivity index (χ3v) is 11.7. The molecule has 0 amide bonds. The molecule has 1 rings (SSSR count). The Kier molecular flexibility index (Phi) is 41.1. The number of aliphatic hydroxyl groups excluding tert-OH is 4. The SMILES string of the molecule is CC/C=C\C/C=C\C/C=C\C/C=C\C/C=C\CCCCCC(=O)OC(COC(=O)CCCCCCCCCCCCCCCCCCCCCC)COC1OC(CO)C(O)C(O)C1O. The lowest BCUT2D eigenvalue weighted by molar-refractivity contribution is -0.305. The smallest absolute Gasteiger partial charge is 0.306 e. The summed E-state index contributed by atoms with van der Waals surface area (Å²) in [6.45, 7) is 3.30. The Morgan fingerprint density at radius 1 is 0.500 bits per heavy atom. The first-order valence-electron chi connectivity index (χ1n) is 25.9. The van der Waals surface area contributed by atoms with Gasteiger partial charge in [0.05, 0.1) is 13.2 Å². The molecule has 1 aliphatic rings. The van der Waals surface area contributed by atoms with Gasteiger partial charge in [-0.3, -0.25) is 9.59 Å². The number of ether oxygens (including phenoxy) is 4. The van der Waals surface area contributed by atoms with Crippen LogP contribution in [0.4, 0.5) is 0 Å². The molecule has 10 nitrogen and oxygen atoms in total. The number of hydrogen-bond donors (Lipinski definition) is 4. The van der Waals surface area contributed by atoms with Crippen molar-refractivity contribution in [3.05, 3.63) is 60.8 Å². The molecular weight excluding hydrogens is 809 g/mol. The van der Waals surface area contributed by atoms with Crippen LogP contribution in [0.3, 0.4) is 0 Å². The van der Waals surface area contributed by atoms with Gasteiger partial charge in [-0.05, 0) is 57.8 Å². The van der Waals surface area contributed by atoms with Gasteiger partial charge in [0.2, 0.25) is 0 Å². The molecule has 1 heterocycles. The zero-order valence-electron chi connectivity index (χ0n) is 40.5. The number of rotatable bonds is 43. The van der Waals surface area contributed by atoms with E-state index in [0.29, 0.717) is 6.42 Å². The van der Waals surface area contributed by atoms with E-state index in [9.17, 15) is 30.0 Å². The van der Waals surface area contributed by atoms with Gasteiger partial charge in [0.1, 0.15) is 31.0 Å². The van der Waals surface area contributed by atoms with Gasteiger partial charge < -0.3 is 39.4 Å². The van der Waals surface area contributed by atoms with E-state index in [2.05, 4.69) is 74.6 Å². The topological polar surface area (TPSA) is 152 Å². The summed E-state index contributed by atoms with van der Waals surface area (Å²) in [6.07, 6.45) is 48.0. The highest BCUT2D eigenvalue weighted by molar-refractivity contribution is 5.70. The molecule has 0 aromatic carbocycles. The van der Waals surface area contributed by atoms with Crippen LogP contribution in [0.2, 0.25) is 0 Å². The van der Waals surface area contributed by atoms with E-state index in [1.54, 1.807) is 0 Å². The van der Waals surface area contributed by atoms with Crippen molar-refractivity contribution in [3.63, 3.8) is 0 Å². The highest BCUT2D eigenvalue weighted by Gasteiger charge is 2.44. The summed E-state index contributed by atoms with van der Waals surface area (Å²) in [5.41, 5.74) is 0. The first-order valence-corrected chi connectivity index (χ1v) is 25.9. The Morgan fingerprint density at radius 2 is 0.922 bits per heavy atom. The monoisotopic (exact) mass is 903 g/mol. The summed E-state index contributed by atoms with van der Waals surface area (Å²) in [5.74, 6) is -0.839. The molecule has 4 N–H and O–H groups in total. The highest BCUT2D eigenvalue weighted by atomic mass is 16.7. The Morgan fingerprint density at radius 3 is 1.39 bits per heavy atom. The van der Waals surface area contributed by atoms with Crippen LogP contribution >= 0.6 is 0 Å². The molecule has 0 aliphatic carbocycles. The minimum Gasteiger partial charge on any atom is -0.462 e. The molecule has 1 saturated heterocycles. The van der Waals surface area contributed by atoms with Crippen molar-refractivity contribution in [1.29, 1.82) is 0 Å². The average Bonchev–Trinajstić information content (AvgIpc) is 3.29. The fourth-order valence-electron chi connectivity index (χ4n) is 7.63. The van der Waals surface area contributed by atoms with Crippen molar-refractivity contribution in [2.24, 2.45) is 0 Å². The summed E-state index contributed by atoms with van der Waals surface area (Å²) in [4.78, 5) is 25.5. The molecule has 370 valence electrons. The second kappa shape index (κ2) is 44.2. The van der Waals surface area contributed by atoms with Crippen LogP contribution in [0.1, 0.15) is 213 Å². The van der Waals surface area contributed by atoms with E-state index in [1.165, 1.54) is 109 Å². The third kappa shape index (κ3) is 34.7. The minimum atomic E-state index is -1.60. The van der Waals surface area contributed by atoms with Crippen molar-refractivity contribution in [2.45, 2.75) is 250 Å². The number of carbonyl (C=O) groups is 2. The van der Waals surface area contributed by atoms with E-state index in [4.69, 9.17) is 18.9 Å². The maximum atomic E-state index is 12.8. The van der Waals surface area contributed by atoms with Gasteiger partial charge in [-0.25, -0.2) is 0 Å². The molecule has 10 heteroatoms. The highest BCUT2D eigenvalue weighted by Crippen LogP contribution is 2.23. The number of aliphatic hydroxyl groups is 4. The van der Waals surface area contributed by atoms with E-state index >= 15 is 0 Å². The van der Waals surface area contributed by atoms with E-state index < -0.39 is 49.4 Å². The maximum Gasteiger partial charge on any atom is 0.306 e. The number of esters is 2. The standard InChI is InChI=1S/C54H94O10/c1-3-5-7-9-11-13-15-17-19-21-23-25-26-28-30-32-34-36-38-40-42-49(56)61-45-47(46-62-54-53(60)52(59)51(58)48(44-55)64-54)63-50(57)43-41-39-37-35-33-31-29-27-24-22-20-18-16-14-12-10-8-6-4-2/h6,8,12,14,18,20,24,27,31,33,47-48,51-55,58-60H,3-5,7,9-11,13,15-17,19,21-23,25-26,28-30,32,34-46H2,1-2H3/b8-6-,14-12-,20-18-,27-24-,33-31-. The molecule has 6 unspecified atom stereocenters. The summed E-state index contributed by atoms with van der Waals surface area (Å²) in [6, 6.07) is 0. The van der Waals surface area contributed by atoms with Gasteiger partial charge in [0, 0.05) is 12.8 Å². The van der Waals surface area contributed by atoms with Gasteiger partial charge in [-0.1, -0.05) is 203 Å². The summed E-state index contributed by atoms with van der Waals surface area (Å²) >= 11 is 0. The Bertz CT molecular complexity index is 1230. The summed E-state index contributed by atoms with van der Waals surface area (Å²) < 4.78 is 22.2. The van der Waals surface area contributed by atoms with Crippen molar-refractivity contribution in [1.82, 2.24) is 0 Å². The van der Waals surface area contributed by atoms with E-state index in [1.807, 2.05) is 0 Å². The molecule has 64 heavy (non-hydrogen) atoms. The number of allylic oxidation sites excluding steroid dienone is 10. The largest absolute Gasteiger partial charge is 0.462 e. The van der Waals surface area contributed by atoms with Crippen LogP contribution in [0.15, 0.2) is 60.8 Å². The van der Waals surface area contributed by atoms with Gasteiger partial charge in [0.25, 0.3) is 0 Å². The van der Waals surface area contributed by atoms with Crippen molar-refractivity contribution < 1.29 is 49.0 Å². The molecular formula is C54H94O10. The average molecular weight is 903 g/mol. The molecule has 0 saturated carbocycles. The molecule has 6 atom stereocenters. The van der Waals surface area contributed by atoms with Gasteiger partial charge >= 0.3 is 11.9 Å². The number of carbonyl (C=O) groups excluding carboxylic acids is 2. The molecule has 0 radical (unpaired) electrons. The zero-order chi connectivity index (χ0) is 46.6. The molecule has 0 bridgehead atoms. The lowest BCUT2D eigenvalue weighted by Gasteiger charge is -2.39. The Balaban J connectivity index is 2.28. The summed E-state index contributed by atoms with van der Waals surface area (Å²) in [7, 11) is 0. The van der Waals surface area contributed by atoms with Crippen LogP contribution in [0.5, 0.6) is 0 Å². The zero-order valence-corrected chi connectivity index (χ0v) is 40.5. The molecule has 1 fully saturated rings. The predicted octanol–water partition coefficient (Wildman–Crippen LogP) is 12.2. The lowest BCUT2D eigenvalue weighted by Crippen LogP contribution is -2.59. The van der Waals surface area contributed by atoms with Gasteiger partial charge in [0.15, 0.2) is 12.4 Å². The minimum absolute atomic E-state index is 0.190. The normalized spacial score (nSPS) is 19.9. The van der Waals surface area contributed by atoms with Crippen LogP contribution in [-0.4, -0.2) is 89.0 Å². The quantitative estimate of drug-likeness (QED) is 0.0264. The van der Waals surface area contributed by atoms with E-state index in [-0.39, 0.29) is 32.0 Å². The van der Waals surface area contributed by atoms with Gasteiger partial charge in [-0.2, -0.15) is 0 Å². The van der Waals surface area contributed by atoms with Crippen molar-refractivity contribution in [2.75, 3.05) is 19.8 Å². The third-order valence-electron chi connectivity index (χ3n) is 11.7. The first-order chi connectivity index (χ1) is 31.3. The van der Waals surface area contributed by atoms with Crippen LogP contribution in [-0.2, 0) is 28.5 Å². The predicted molar refractivity (Wildman–Crippen MR) is 261 cm³/mol. The van der Waals surface area contributed by atoms with E-state index in [0.717, 1.165) is 70.6 Å². The van der Waals surface area contributed by atoms with Crippen molar-refractivity contribution >= 4 is 11.9 Å². The Hall–Kier alpha value is -2.60. The number of hydrogen-bond acceptors (Lipinski definition) is 10. The Labute approximate surface area is 390 Å². The molecule has 0 spiro atoms. The molecule has 0 aromatic rings. The van der Waals surface area contributed by atoms with Crippen LogP contribution < -0.4 is 0 Å². The molecule has 0 aromatic heterocycles. The summed E-state index contributed by atoms with van der Waals surface area (Å²) in [5, 5.41) is 40.2. The maximum absolute atomic E-state index is 12.8. The fraction of sp³-hybridized carbons (Fsp3) is 0.778. The second-order valence-corrected chi connectivity index (χ2v) is 17.6. The second-order valence-electron chi connectivity index (χ2n) is 17.6. The van der Waals surface area contributed by atoms with Crippen LogP contribution in [0, 0.1) is 0 Å². The van der Waals surface area contributed by atoms with Gasteiger partial charge in [-0.15, -0.1) is 0 Å². The molecule has 1 aliphatic heterocycles. The first kappa shape index (κ1) is 59.4. The lowest BCUT2D eigenvalue weighted by atomic mass is 9.99. The van der Waals surface area contributed by atoms with Crippen molar-refractivity contribution in [3.8, 4) is 0 Å². The van der Waals surface area contributed by atoms with Crippen LogP contribution in [0.25, 0.3) is 0 Å². The fourth-order valence-corrected chi connectivity index (χ4v) is 7.63. The number of unbranched alkanes of at least 4 members (excludes halogenated alkanes) is 22.